The number of hydrogen-bond donors (Lipinski definition) is 3. The fraction of sp³-hybridized carbons (Fsp3) is 0.842. The van der Waals surface area contributed by atoms with Crippen molar-refractivity contribution in [1.82, 2.24) is 10.6 Å². The zero-order chi connectivity index (χ0) is 18.3. The predicted octanol–water partition coefficient (Wildman–Crippen LogP) is 2.61. The molecule has 0 spiro atoms. The van der Waals surface area contributed by atoms with Gasteiger partial charge in [-0.2, -0.15) is 0 Å². The van der Waals surface area contributed by atoms with Crippen LogP contribution in [0.15, 0.2) is 0 Å². The minimum Gasteiger partial charge on any atom is -0.481 e. The molecule has 2 aliphatic carbocycles. The molecule has 6 nitrogen and oxygen atoms in total. The van der Waals surface area contributed by atoms with Crippen molar-refractivity contribution >= 4 is 17.8 Å². The second kappa shape index (κ2) is 9.20. The molecule has 2 rings (SSSR count). The van der Waals surface area contributed by atoms with Gasteiger partial charge in [-0.1, -0.05) is 32.6 Å². The van der Waals surface area contributed by atoms with Crippen molar-refractivity contribution in [2.24, 2.45) is 11.8 Å². The van der Waals surface area contributed by atoms with Crippen LogP contribution in [0.3, 0.4) is 0 Å². The van der Waals surface area contributed by atoms with Crippen LogP contribution in [0.1, 0.15) is 77.6 Å². The van der Waals surface area contributed by atoms with E-state index in [1.54, 1.807) is 0 Å². The third-order valence-electron chi connectivity index (χ3n) is 5.77. The number of carbonyl (C=O) groups is 3. The summed E-state index contributed by atoms with van der Waals surface area (Å²) in [6, 6.07) is 0. The molecule has 0 unspecified atom stereocenters. The first-order valence-corrected chi connectivity index (χ1v) is 9.81. The van der Waals surface area contributed by atoms with Crippen LogP contribution < -0.4 is 10.6 Å². The highest BCUT2D eigenvalue weighted by Crippen LogP contribution is 2.32. The van der Waals surface area contributed by atoms with E-state index in [0.29, 0.717) is 45.1 Å². The van der Waals surface area contributed by atoms with E-state index in [1.165, 1.54) is 0 Å². The normalized spacial score (nSPS) is 25.8. The number of unbranched alkanes of at least 4 members (excludes halogenated alkanes) is 1. The molecule has 0 heterocycles. The molecule has 0 bridgehead atoms. The first-order chi connectivity index (χ1) is 12.0. The molecule has 0 saturated heterocycles. The van der Waals surface area contributed by atoms with Gasteiger partial charge >= 0.3 is 5.97 Å². The average Bonchev–Trinajstić information content (AvgIpc) is 2.62. The summed E-state index contributed by atoms with van der Waals surface area (Å²) in [5, 5.41) is 15.2. The number of rotatable bonds is 7. The number of carbonyl (C=O) groups excluding carboxylic acids is 2. The monoisotopic (exact) mass is 352 g/mol. The van der Waals surface area contributed by atoms with Crippen molar-refractivity contribution in [3.8, 4) is 0 Å². The van der Waals surface area contributed by atoms with E-state index in [0.717, 1.165) is 32.1 Å². The SMILES string of the molecule is CCCCNC(=O)C1(NC(=O)C2CCC(C(=O)O)CC2)CCCCC1. The lowest BCUT2D eigenvalue weighted by Gasteiger charge is -2.38. The van der Waals surface area contributed by atoms with Gasteiger partial charge in [0.1, 0.15) is 5.54 Å². The number of carboxylic acids is 1. The molecule has 0 aliphatic heterocycles. The first-order valence-electron chi connectivity index (χ1n) is 9.81. The lowest BCUT2D eigenvalue weighted by Crippen LogP contribution is -2.61. The highest BCUT2D eigenvalue weighted by Gasteiger charge is 2.42. The molecule has 0 aromatic rings. The molecule has 0 atom stereocenters. The van der Waals surface area contributed by atoms with Crippen molar-refractivity contribution in [3.63, 3.8) is 0 Å². The largest absolute Gasteiger partial charge is 0.481 e. The number of carboxylic acid groups (broad SMARTS) is 1. The molecule has 2 amide bonds. The summed E-state index contributed by atoms with van der Waals surface area (Å²) in [6.45, 7) is 2.73. The maximum atomic E-state index is 12.8. The summed E-state index contributed by atoms with van der Waals surface area (Å²) in [5.74, 6) is -1.38. The Hall–Kier alpha value is -1.59. The smallest absolute Gasteiger partial charge is 0.306 e. The van der Waals surface area contributed by atoms with Crippen molar-refractivity contribution in [2.45, 2.75) is 83.1 Å². The van der Waals surface area contributed by atoms with Crippen molar-refractivity contribution < 1.29 is 19.5 Å². The molecular weight excluding hydrogens is 320 g/mol. The van der Waals surface area contributed by atoms with Gasteiger partial charge in [0.15, 0.2) is 0 Å². The molecule has 0 aromatic heterocycles. The highest BCUT2D eigenvalue weighted by molar-refractivity contribution is 5.92. The minimum atomic E-state index is -0.771. The van der Waals surface area contributed by atoms with Crippen molar-refractivity contribution in [2.75, 3.05) is 6.54 Å². The fourth-order valence-electron chi connectivity index (χ4n) is 4.05. The maximum absolute atomic E-state index is 12.8. The fourth-order valence-corrected chi connectivity index (χ4v) is 4.05. The predicted molar refractivity (Wildman–Crippen MR) is 95.0 cm³/mol. The summed E-state index contributed by atoms with van der Waals surface area (Å²) in [6.07, 6.45) is 8.63. The van der Waals surface area contributed by atoms with E-state index >= 15 is 0 Å². The Morgan fingerprint density at radius 1 is 1.00 bits per heavy atom. The van der Waals surface area contributed by atoms with Crippen LogP contribution in [-0.4, -0.2) is 35.0 Å². The van der Waals surface area contributed by atoms with Crippen molar-refractivity contribution in [1.29, 1.82) is 0 Å². The molecule has 0 aromatic carbocycles. The van der Waals surface area contributed by atoms with Crippen LogP contribution in [-0.2, 0) is 14.4 Å². The van der Waals surface area contributed by atoms with Crippen LogP contribution >= 0.6 is 0 Å². The zero-order valence-electron chi connectivity index (χ0n) is 15.3. The second-order valence-corrected chi connectivity index (χ2v) is 7.63. The van der Waals surface area contributed by atoms with E-state index in [1.807, 2.05) is 0 Å². The Kier molecular flexibility index (Phi) is 7.26. The molecular formula is C19H32N2O4. The van der Waals surface area contributed by atoms with Gasteiger partial charge in [-0.25, -0.2) is 0 Å². The van der Waals surface area contributed by atoms with Gasteiger partial charge in [-0.15, -0.1) is 0 Å². The quantitative estimate of drug-likeness (QED) is 0.614. The molecule has 6 heteroatoms. The molecule has 0 radical (unpaired) electrons. The van der Waals surface area contributed by atoms with Gasteiger partial charge in [0.25, 0.3) is 0 Å². The summed E-state index contributed by atoms with van der Waals surface area (Å²) in [4.78, 5) is 36.6. The molecule has 2 aliphatic rings. The maximum Gasteiger partial charge on any atom is 0.306 e. The van der Waals surface area contributed by atoms with Gasteiger partial charge < -0.3 is 15.7 Å². The van der Waals surface area contributed by atoms with Crippen LogP contribution in [0.25, 0.3) is 0 Å². The number of hydrogen-bond acceptors (Lipinski definition) is 3. The van der Waals surface area contributed by atoms with Crippen LogP contribution in [0, 0.1) is 11.8 Å². The van der Waals surface area contributed by atoms with Crippen LogP contribution in [0.2, 0.25) is 0 Å². The highest BCUT2D eigenvalue weighted by atomic mass is 16.4. The van der Waals surface area contributed by atoms with Crippen LogP contribution in [0.5, 0.6) is 0 Å². The van der Waals surface area contributed by atoms with Crippen molar-refractivity contribution in [3.05, 3.63) is 0 Å². The third-order valence-corrected chi connectivity index (χ3v) is 5.77. The summed E-state index contributed by atoms with van der Waals surface area (Å²) in [7, 11) is 0. The summed E-state index contributed by atoms with van der Waals surface area (Å²) >= 11 is 0. The molecule has 2 saturated carbocycles. The third kappa shape index (κ3) is 5.19. The number of amides is 2. The molecule has 2 fully saturated rings. The first kappa shape index (κ1) is 19.7. The Balaban J connectivity index is 1.95. The Bertz CT molecular complexity index is 478. The number of nitrogens with one attached hydrogen (secondary N) is 2. The zero-order valence-corrected chi connectivity index (χ0v) is 15.3. The van der Waals surface area contributed by atoms with E-state index in [-0.39, 0.29) is 23.7 Å². The molecule has 3 N–H and O–H groups in total. The van der Waals surface area contributed by atoms with E-state index in [4.69, 9.17) is 5.11 Å². The van der Waals surface area contributed by atoms with Gasteiger partial charge in [-0.3, -0.25) is 14.4 Å². The topological polar surface area (TPSA) is 95.5 Å². The summed E-state index contributed by atoms with van der Waals surface area (Å²) < 4.78 is 0. The Morgan fingerprint density at radius 2 is 1.60 bits per heavy atom. The van der Waals surface area contributed by atoms with Gasteiger partial charge in [0.2, 0.25) is 11.8 Å². The Labute approximate surface area is 150 Å². The summed E-state index contributed by atoms with van der Waals surface area (Å²) in [5.41, 5.74) is -0.771. The second-order valence-electron chi connectivity index (χ2n) is 7.63. The van der Waals surface area contributed by atoms with E-state index in [9.17, 15) is 14.4 Å². The standard InChI is InChI=1S/C19H32N2O4/c1-2-3-13-20-18(25)19(11-5-4-6-12-19)21-16(22)14-7-9-15(10-8-14)17(23)24/h14-15H,2-13H2,1H3,(H,20,25)(H,21,22)(H,23,24). The minimum absolute atomic E-state index is 0.0479. The van der Waals surface area contributed by atoms with Gasteiger partial charge in [-0.05, 0) is 44.9 Å². The lowest BCUT2D eigenvalue weighted by atomic mass is 9.78. The molecule has 25 heavy (non-hydrogen) atoms. The number of aliphatic carboxylic acids is 1. The Morgan fingerprint density at radius 3 is 2.16 bits per heavy atom. The molecule has 142 valence electrons. The van der Waals surface area contributed by atoms with E-state index in [2.05, 4.69) is 17.6 Å². The van der Waals surface area contributed by atoms with Gasteiger partial charge in [0, 0.05) is 12.5 Å². The average molecular weight is 352 g/mol. The van der Waals surface area contributed by atoms with Crippen LogP contribution in [0.4, 0.5) is 0 Å². The van der Waals surface area contributed by atoms with Gasteiger partial charge in [0.05, 0.1) is 5.92 Å². The van der Waals surface area contributed by atoms with E-state index < -0.39 is 11.5 Å². The lowest BCUT2D eigenvalue weighted by molar-refractivity contribution is -0.144.